The number of benzene rings is 1. The molecule has 0 aliphatic carbocycles. The van der Waals surface area contributed by atoms with Crippen molar-refractivity contribution in [2.45, 2.75) is 17.7 Å². The van der Waals surface area contributed by atoms with Gasteiger partial charge in [-0.2, -0.15) is 4.98 Å². The molecule has 2 heterocycles. The zero-order valence-corrected chi connectivity index (χ0v) is 13.0. The summed E-state index contributed by atoms with van der Waals surface area (Å²) in [6.45, 7) is 1.35. The van der Waals surface area contributed by atoms with Crippen LogP contribution < -0.4 is 0 Å². The van der Waals surface area contributed by atoms with Crippen molar-refractivity contribution in [1.29, 1.82) is 0 Å². The molecule has 0 radical (unpaired) electrons. The Labute approximate surface area is 128 Å². The fourth-order valence-electron chi connectivity index (χ4n) is 2.22. The quantitative estimate of drug-likeness (QED) is 0.863. The van der Waals surface area contributed by atoms with Gasteiger partial charge in [-0.15, -0.1) is 0 Å². The molecule has 0 atom stereocenters. The molecule has 0 N–H and O–H groups in total. The Hall–Kier alpha value is -1.99. The van der Waals surface area contributed by atoms with Gasteiger partial charge in [0.05, 0.1) is 18.1 Å². The average Bonchev–Trinajstić information content (AvgIpc) is 2.82. The third-order valence-electron chi connectivity index (χ3n) is 3.41. The van der Waals surface area contributed by atoms with Gasteiger partial charge in [-0.05, 0) is 30.7 Å². The van der Waals surface area contributed by atoms with Crippen LogP contribution in [0.1, 0.15) is 18.7 Å². The highest BCUT2D eigenvalue weighted by Crippen LogP contribution is 2.24. The smallest absolute Gasteiger partial charge is 0.253 e. The van der Waals surface area contributed by atoms with Crippen molar-refractivity contribution in [3.8, 4) is 11.4 Å². The van der Waals surface area contributed by atoms with Crippen molar-refractivity contribution >= 4 is 15.4 Å². The van der Waals surface area contributed by atoms with Crippen LogP contribution in [-0.2, 0) is 14.6 Å². The fourth-order valence-corrected chi connectivity index (χ4v) is 2.85. The van der Waals surface area contributed by atoms with E-state index >= 15 is 0 Å². The zero-order chi connectivity index (χ0) is 15.6. The van der Waals surface area contributed by atoms with Gasteiger partial charge in [0.15, 0.2) is 9.84 Å². The standard InChI is InChI=1S/C15H16N2O4S/c1-22(18,19)13-6-4-11(5-7-13)14-16-15(21-17-14)12-3-2-9-20-10-8-12/h3-7H,2,8-10H2,1H3. The Kier molecular flexibility index (Phi) is 4.08. The molecule has 1 aromatic heterocycles. The second-order valence-corrected chi connectivity index (χ2v) is 7.12. The van der Waals surface area contributed by atoms with Gasteiger partial charge < -0.3 is 9.26 Å². The van der Waals surface area contributed by atoms with E-state index in [0.717, 1.165) is 18.4 Å². The minimum absolute atomic E-state index is 0.267. The summed E-state index contributed by atoms with van der Waals surface area (Å²) in [7, 11) is -3.20. The molecule has 0 fully saturated rings. The van der Waals surface area contributed by atoms with Crippen molar-refractivity contribution in [1.82, 2.24) is 10.1 Å². The van der Waals surface area contributed by atoms with Gasteiger partial charge in [-0.1, -0.05) is 11.2 Å². The number of hydrogen-bond acceptors (Lipinski definition) is 6. The second-order valence-electron chi connectivity index (χ2n) is 5.10. The van der Waals surface area contributed by atoms with E-state index in [9.17, 15) is 8.42 Å². The SMILES string of the molecule is CS(=O)(=O)c1ccc(-c2noc(C3=CCCOCC3)n2)cc1. The van der Waals surface area contributed by atoms with Gasteiger partial charge in [-0.25, -0.2) is 8.42 Å². The monoisotopic (exact) mass is 320 g/mol. The van der Waals surface area contributed by atoms with E-state index in [2.05, 4.69) is 16.2 Å². The van der Waals surface area contributed by atoms with Crippen molar-refractivity contribution < 1.29 is 17.7 Å². The van der Waals surface area contributed by atoms with E-state index in [4.69, 9.17) is 9.26 Å². The highest BCUT2D eigenvalue weighted by atomic mass is 32.2. The summed E-state index contributed by atoms with van der Waals surface area (Å²) in [5, 5.41) is 3.97. The first-order chi connectivity index (χ1) is 10.5. The summed E-state index contributed by atoms with van der Waals surface area (Å²) in [4.78, 5) is 4.65. The fraction of sp³-hybridized carbons (Fsp3) is 0.333. The van der Waals surface area contributed by atoms with Gasteiger partial charge in [0.2, 0.25) is 5.82 Å². The largest absolute Gasteiger partial charge is 0.381 e. The molecule has 6 nitrogen and oxygen atoms in total. The lowest BCUT2D eigenvalue weighted by molar-refractivity contribution is 0.148. The van der Waals surface area contributed by atoms with E-state index in [0.29, 0.717) is 30.5 Å². The summed E-state index contributed by atoms with van der Waals surface area (Å²) in [6, 6.07) is 6.43. The molecule has 7 heteroatoms. The molecule has 22 heavy (non-hydrogen) atoms. The lowest BCUT2D eigenvalue weighted by Gasteiger charge is -1.99. The van der Waals surface area contributed by atoms with Crippen LogP contribution >= 0.6 is 0 Å². The lowest BCUT2D eigenvalue weighted by Crippen LogP contribution is -1.96. The average molecular weight is 320 g/mol. The van der Waals surface area contributed by atoms with E-state index in [1.165, 1.54) is 6.26 Å². The minimum Gasteiger partial charge on any atom is -0.381 e. The van der Waals surface area contributed by atoms with Gasteiger partial charge >= 0.3 is 0 Å². The Bertz CT molecular complexity index is 791. The summed E-state index contributed by atoms with van der Waals surface area (Å²) in [5.41, 5.74) is 1.71. The van der Waals surface area contributed by atoms with Crippen LogP contribution in [0.5, 0.6) is 0 Å². The first-order valence-electron chi connectivity index (χ1n) is 6.95. The molecule has 1 aliphatic rings. The third kappa shape index (κ3) is 3.26. The summed E-state index contributed by atoms with van der Waals surface area (Å²) >= 11 is 0. The number of sulfone groups is 1. The van der Waals surface area contributed by atoms with Crippen LogP contribution in [-0.4, -0.2) is 38.0 Å². The molecule has 3 rings (SSSR count). The number of hydrogen-bond donors (Lipinski definition) is 0. The molecular formula is C15H16N2O4S. The zero-order valence-electron chi connectivity index (χ0n) is 12.2. The molecule has 0 amide bonds. The van der Waals surface area contributed by atoms with Crippen LogP contribution in [0.15, 0.2) is 39.8 Å². The molecule has 116 valence electrons. The summed E-state index contributed by atoms with van der Waals surface area (Å²) < 4.78 is 33.6. The first-order valence-corrected chi connectivity index (χ1v) is 8.84. The van der Waals surface area contributed by atoms with Gasteiger partial charge in [0.1, 0.15) is 0 Å². The number of rotatable bonds is 3. The Balaban J connectivity index is 1.86. The van der Waals surface area contributed by atoms with Crippen molar-refractivity contribution in [3.05, 3.63) is 36.2 Å². The van der Waals surface area contributed by atoms with E-state index in [1.54, 1.807) is 24.3 Å². The highest BCUT2D eigenvalue weighted by molar-refractivity contribution is 7.90. The van der Waals surface area contributed by atoms with E-state index in [-0.39, 0.29) is 4.90 Å². The van der Waals surface area contributed by atoms with Gasteiger partial charge in [0, 0.05) is 23.8 Å². The van der Waals surface area contributed by atoms with E-state index in [1.807, 2.05) is 0 Å². The van der Waals surface area contributed by atoms with Gasteiger partial charge in [-0.3, -0.25) is 0 Å². The normalized spacial score (nSPS) is 16.1. The lowest BCUT2D eigenvalue weighted by atomic mass is 10.1. The Morgan fingerprint density at radius 3 is 2.64 bits per heavy atom. The van der Waals surface area contributed by atoms with Gasteiger partial charge in [0.25, 0.3) is 5.89 Å². The molecule has 2 aromatic rings. The number of nitrogens with zero attached hydrogens (tertiary/aromatic N) is 2. The maximum atomic E-state index is 11.5. The Morgan fingerprint density at radius 1 is 1.14 bits per heavy atom. The summed E-state index contributed by atoms with van der Waals surface area (Å²) in [5.74, 6) is 0.939. The molecule has 1 aromatic carbocycles. The minimum atomic E-state index is -3.20. The summed E-state index contributed by atoms with van der Waals surface area (Å²) in [6.07, 6.45) is 4.80. The molecule has 0 unspecified atom stereocenters. The third-order valence-corrected chi connectivity index (χ3v) is 4.54. The second kappa shape index (κ2) is 6.02. The van der Waals surface area contributed by atoms with Crippen LogP contribution in [0.25, 0.3) is 17.0 Å². The van der Waals surface area contributed by atoms with Crippen molar-refractivity contribution in [3.63, 3.8) is 0 Å². The molecule has 0 saturated heterocycles. The first kappa shape index (κ1) is 14.9. The highest BCUT2D eigenvalue weighted by Gasteiger charge is 2.15. The molecule has 0 bridgehead atoms. The molecule has 1 aliphatic heterocycles. The van der Waals surface area contributed by atoms with Crippen molar-refractivity contribution in [2.75, 3.05) is 19.5 Å². The van der Waals surface area contributed by atoms with Crippen LogP contribution in [0.3, 0.4) is 0 Å². The maximum Gasteiger partial charge on any atom is 0.253 e. The number of ether oxygens (including phenoxy) is 1. The topological polar surface area (TPSA) is 82.3 Å². The molecular weight excluding hydrogens is 304 g/mol. The van der Waals surface area contributed by atoms with E-state index < -0.39 is 9.84 Å². The van der Waals surface area contributed by atoms with Crippen LogP contribution in [0.2, 0.25) is 0 Å². The molecule has 0 saturated carbocycles. The predicted molar refractivity (Wildman–Crippen MR) is 80.9 cm³/mol. The number of aromatic nitrogens is 2. The maximum absolute atomic E-state index is 11.5. The van der Waals surface area contributed by atoms with Crippen LogP contribution in [0, 0.1) is 0 Å². The molecule has 0 spiro atoms. The van der Waals surface area contributed by atoms with Crippen LogP contribution in [0.4, 0.5) is 0 Å². The predicted octanol–water partition coefficient (Wildman–Crippen LogP) is 2.33. The van der Waals surface area contributed by atoms with Crippen molar-refractivity contribution in [2.24, 2.45) is 0 Å². The Morgan fingerprint density at radius 2 is 1.91 bits per heavy atom.